The highest BCUT2D eigenvalue weighted by Gasteiger charge is 2.08. The topological polar surface area (TPSA) is 58.4 Å². The van der Waals surface area contributed by atoms with Gasteiger partial charge in [-0.2, -0.15) is 0 Å². The maximum atomic E-state index is 11.9. The predicted octanol–water partition coefficient (Wildman–Crippen LogP) is 1.55. The Morgan fingerprint density at radius 1 is 1.32 bits per heavy atom. The number of carbonyl (C=O) groups is 1. The van der Waals surface area contributed by atoms with Gasteiger partial charge in [-0.15, -0.1) is 0 Å². The highest BCUT2D eigenvalue weighted by molar-refractivity contribution is 5.74. The Labute approximate surface area is 115 Å². The van der Waals surface area contributed by atoms with Crippen molar-refractivity contribution in [2.75, 3.05) is 19.6 Å². The summed E-state index contributed by atoms with van der Waals surface area (Å²) in [4.78, 5) is 13.6. The van der Waals surface area contributed by atoms with Gasteiger partial charge in [-0.05, 0) is 25.5 Å². The fourth-order valence-electron chi connectivity index (χ4n) is 1.74. The summed E-state index contributed by atoms with van der Waals surface area (Å²) in [5.74, 6) is 5.85. The summed E-state index contributed by atoms with van der Waals surface area (Å²) >= 11 is 0. The molecule has 0 saturated heterocycles. The molecule has 0 fully saturated rings. The fourth-order valence-corrected chi connectivity index (χ4v) is 1.74. The lowest BCUT2D eigenvalue weighted by Crippen LogP contribution is -2.39. The van der Waals surface area contributed by atoms with Gasteiger partial charge in [0.2, 0.25) is 0 Å². The Bertz CT molecular complexity index is 470. The van der Waals surface area contributed by atoms with Crippen LogP contribution in [0.2, 0.25) is 0 Å². The summed E-state index contributed by atoms with van der Waals surface area (Å²) < 4.78 is 0. The quantitative estimate of drug-likeness (QED) is 0.806. The molecule has 0 bridgehead atoms. The Hall–Kier alpha value is -1.99. The lowest BCUT2D eigenvalue weighted by atomic mass is 10.1. The zero-order valence-electron chi connectivity index (χ0n) is 11.6. The second kappa shape index (κ2) is 8.17. The maximum Gasteiger partial charge on any atom is 0.317 e. The van der Waals surface area contributed by atoms with Crippen LogP contribution in [0.15, 0.2) is 24.3 Å². The highest BCUT2D eigenvalue weighted by Crippen LogP contribution is 2.07. The third-order valence-corrected chi connectivity index (χ3v) is 2.82. The number of carbonyl (C=O) groups excluding carboxylic acids is 1. The molecule has 4 nitrogen and oxygen atoms in total. The van der Waals surface area contributed by atoms with Crippen LogP contribution in [0.3, 0.4) is 0 Å². The van der Waals surface area contributed by atoms with E-state index in [1.807, 2.05) is 38.1 Å². The van der Waals surface area contributed by atoms with E-state index in [1.54, 1.807) is 4.90 Å². The molecule has 0 atom stereocenters. The first-order valence-electron chi connectivity index (χ1n) is 6.52. The molecule has 0 unspecified atom stereocenters. The minimum Gasteiger partial charge on any atom is -0.334 e. The van der Waals surface area contributed by atoms with Crippen molar-refractivity contribution in [1.29, 1.82) is 0 Å². The number of amides is 2. The van der Waals surface area contributed by atoms with E-state index in [9.17, 15) is 4.79 Å². The average Bonchev–Trinajstić information content (AvgIpc) is 2.45. The van der Waals surface area contributed by atoms with Crippen LogP contribution in [-0.4, -0.2) is 30.6 Å². The first-order chi connectivity index (χ1) is 9.22. The molecule has 0 heterocycles. The van der Waals surface area contributed by atoms with Crippen molar-refractivity contribution in [2.45, 2.75) is 20.4 Å². The molecule has 0 radical (unpaired) electrons. The molecule has 0 aromatic heterocycles. The number of benzene rings is 1. The standard InChI is InChI=1S/C15H21N3O/c1-3-18(4-2)15(19)17-12-14-9-6-5-8-13(14)10-7-11-16/h5-6,8-9H,3-4,11-12,16H2,1-2H3,(H,17,19). The van der Waals surface area contributed by atoms with Gasteiger partial charge in [-0.25, -0.2) is 4.79 Å². The molecule has 0 aliphatic rings. The largest absolute Gasteiger partial charge is 0.334 e. The number of hydrogen-bond acceptors (Lipinski definition) is 2. The van der Waals surface area contributed by atoms with Crippen LogP contribution in [-0.2, 0) is 6.54 Å². The van der Waals surface area contributed by atoms with Gasteiger partial charge >= 0.3 is 6.03 Å². The first kappa shape index (κ1) is 15.1. The SMILES string of the molecule is CCN(CC)C(=O)NCc1ccccc1C#CCN. The number of rotatable bonds is 4. The first-order valence-corrected chi connectivity index (χ1v) is 6.52. The number of hydrogen-bond donors (Lipinski definition) is 2. The van der Waals surface area contributed by atoms with Crippen molar-refractivity contribution in [3.05, 3.63) is 35.4 Å². The molecular weight excluding hydrogens is 238 g/mol. The second-order valence-electron chi connectivity index (χ2n) is 3.99. The summed E-state index contributed by atoms with van der Waals surface area (Å²) in [5.41, 5.74) is 7.29. The molecule has 3 N–H and O–H groups in total. The zero-order valence-corrected chi connectivity index (χ0v) is 11.6. The molecule has 0 saturated carbocycles. The third kappa shape index (κ3) is 4.65. The Morgan fingerprint density at radius 2 is 2.00 bits per heavy atom. The highest BCUT2D eigenvalue weighted by atomic mass is 16.2. The minimum atomic E-state index is -0.0495. The van der Waals surface area contributed by atoms with E-state index in [1.165, 1.54) is 0 Å². The van der Waals surface area contributed by atoms with Crippen LogP contribution in [0, 0.1) is 11.8 Å². The monoisotopic (exact) mass is 259 g/mol. The molecule has 102 valence electrons. The van der Waals surface area contributed by atoms with E-state index in [2.05, 4.69) is 17.2 Å². The molecule has 1 rings (SSSR count). The van der Waals surface area contributed by atoms with Gasteiger partial charge in [0.1, 0.15) is 0 Å². The molecular formula is C15H21N3O. The lowest BCUT2D eigenvalue weighted by Gasteiger charge is -2.19. The number of nitrogens with zero attached hydrogens (tertiary/aromatic N) is 1. The van der Waals surface area contributed by atoms with Crippen LogP contribution < -0.4 is 11.1 Å². The number of nitrogens with two attached hydrogens (primary N) is 1. The van der Waals surface area contributed by atoms with E-state index < -0.39 is 0 Å². The van der Waals surface area contributed by atoms with Crippen molar-refractivity contribution in [3.63, 3.8) is 0 Å². The fraction of sp³-hybridized carbons (Fsp3) is 0.400. The summed E-state index contributed by atoms with van der Waals surface area (Å²) in [7, 11) is 0. The maximum absolute atomic E-state index is 11.9. The van der Waals surface area contributed by atoms with Gasteiger partial charge in [0, 0.05) is 25.2 Å². The van der Waals surface area contributed by atoms with Crippen molar-refractivity contribution < 1.29 is 4.79 Å². The summed E-state index contributed by atoms with van der Waals surface area (Å²) in [5, 5.41) is 2.91. The van der Waals surface area contributed by atoms with Crippen LogP contribution >= 0.6 is 0 Å². The van der Waals surface area contributed by atoms with Crippen molar-refractivity contribution in [1.82, 2.24) is 10.2 Å². The van der Waals surface area contributed by atoms with Gasteiger partial charge in [0.05, 0.1) is 6.54 Å². The Kier molecular flexibility index (Phi) is 6.48. The molecule has 1 aromatic carbocycles. The predicted molar refractivity (Wildman–Crippen MR) is 77.5 cm³/mol. The van der Waals surface area contributed by atoms with Gasteiger partial charge < -0.3 is 16.0 Å². The van der Waals surface area contributed by atoms with Crippen LogP contribution in [0.1, 0.15) is 25.0 Å². The molecule has 0 aliphatic carbocycles. The molecule has 1 aromatic rings. The normalized spacial score (nSPS) is 9.42. The number of urea groups is 1. The second-order valence-corrected chi connectivity index (χ2v) is 3.99. The molecule has 0 spiro atoms. The zero-order chi connectivity index (χ0) is 14.1. The average molecular weight is 259 g/mol. The summed E-state index contributed by atoms with van der Waals surface area (Å²) in [6, 6.07) is 7.71. The van der Waals surface area contributed by atoms with Crippen LogP contribution in [0.25, 0.3) is 0 Å². The van der Waals surface area contributed by atoms with Crippen LogP contribution in [0.5, 0.6) is 0 Å². The summed E-state index contributed by atoms with van der Waals surface area (Å²) in [6.07, 6.45) is 0. The molecule has 19 heavy (non-hydrogen) atoms. The van der Waals surface area contributed by atoms with E-state index in [-0.39, 0.29) is 6.03 Å². The van der Waals surface area contributed by atoms with E-state index in [0.717, 1.165) is 11.1 Å². The van der Waals surface area contributed by atoms with Gasteiger partial charge in [-0.3, -0.25) is 0 Å². The van der Waals surface area contributed by atoms with Crippen molar-refractivity contribution >= 4 is 6.03 Å². The third-order valence-electron chi connectivity index (χ3n) is 2.82. The molecule has 2 amide bonds. The Morgan fingerprint density at radius 3 is 2.63 bits per heavy atom. The van der Waals surface area contributed by atoms with Crippen molar-refractivity contribution in [3.8, 4) is 11.8 Å². The van der Waals surface area contributed by atoms with Crippen molar-refractivity contribution in [2.24, 2.45) is 5.73 Å². The number of nitrogens with one attached hydrogen (secondary N) is 1. The molecule has 4 heteroatoms. The van der Waals surface area contributed by atoms with Gasteiger partial charge in [0.25, 0.3) is 0 Å². The van der Waals surface area contributed by atoms with Gasteiger partial charge in [0.15, 0.2) is 0 Å². The summed E-state index contributed by atoms with van der Waals surface area (Å²) in [6.45, 7) is 6.15. The Balaban J connectivity index is 2.70. The smallest absolute Gasteiger partial charge is 0.317 e. The minimum absolute atomic E-state index is 0.0495. The lowest BCUT2D eigenvalue weighted by molar-refractivity contribution is 0.203. The van der Waals surface area contributed by atoms with E-state index >= 15 is 0 Å². The van der Waals surface area contributed by atoms with E-state index in [0.29, 0.717) is 26.2 Å². The molecule has 0 aliphatic heterocycles. The van der Waals surface area contributed by atoms with Crippen LogP contribution in [0.4, 0.5) is 4.79 Å². The van der Waals surface area contributed by atoms with E-state index in [4.69, 9.17) is 5.73 Å². The van der Waals surface area contributed by atoms with Gasteiger partial charge in [-0.1, -0.05) is 30.0 Å².